The Balaban J connectivity index is 2.43. The third-order valence-corrected chi connectivity index (χ3v) is 2.49. The van der Waals surface area contributed by atoms with Gasteiger partial charge < -0.3 is 5.32 Å². The third kappa shape index (κ3) is 2.73. The van der Waals surface area contributed by atoms with E-state index in [-0.39, 0.29) is 0 Å². The fourth-order valence-electron chi connectivity index (χ4n) is 1.76. The molecular weight excluding hydrogens is 150 g/mol. The molecule has 0 amide bonds. The Morgan fingerprint density at radius 2 is 2.00 bits per heavy atom. The third-order valence-electron chi connectivity index (χ3n) is 2.49. The fraction of sp³-hybridized carbons (Fsp3) is 1.00. The van der Waals surface area contributed by atoms with Crippen LogP contribution >= 0.6 is 0 Å². The Labute approximate surface area is 75.3 Å². The van der Waals surface area contributed by atoms with Crippen LogP contribution in [0.3, 0.4) is 0 Å². The molecule has 1 fully saturated rings. The summed E-state index contributed by atoms with van der Waals surface area (Å²) in [5.74, 6) is 1.38. The second-order valence-corrected chi connectivity index (χ2v) is 4.02. The van der Waals surface area contributed by atoms with Crippen molar-refractivity contribution >= 4 is 0 Å². The second-order valence-electron chi connectivity index (χ2n) is 4.02. The largest absolute Gasteiger partial charge is 0.315 e. The van der Waals surface area contributed by atoms with E-state index < -0.39 is 0 Å². The molecule has 3 nitrogen and oxygen atoms in total. The van der Waals surface area contributed by atoms with Crippen molar-refractivity contribution in [3.8, 4) is 0 Å². The first-order valence-electron chi connectivity index (χ1n) is 4.91. The minimum atomic E-state index is 0.581. The summed E-state index contributed by atoms with van der Waals surface area (Å²) in [6.45, 7) is 10.0. The van der Waals surface area contributed by atoms with Gasteiger partial charge >= 0.3 is 0 Å². The van der Waals surface area contributed by atoms with Gasteiger partial charge in [-0.25, -0.2) is 0 Å². The quantitative estimate of drug-likeness (QED) is 0.532. The predicted octanol–water partition coefficient (Wildman–Crippen LogP) is 0.345. The molecule has 72 valence electrons. The van der Waals surface area contributed by atoms with Crippen molar-refractivity contribution < 1.29 is 0 Å². The monoisotopic (exact) mass is 171 g/mol. The smallest absolute Gasteiger partial charge is 0.0273 e. The molecule has 2 atom stereocenters. The number of rotatable bonds is 1. The standard InChI is InChI=1S/C9H21N3/c1-7(2)9-8(3)6-10-4-5-11-12-9/h7-12H,4-6H2,1-3H3. The van der Waals surface area contributed by atoms with Crippen LogP contribution in [0.2, 0.25) is 0 Å². The molecule has 0 radical (unpaired) electrons. The minimum absolute atomic E-state index is 0.581. The molecule has 3 heteroatoms. The predicted molar refractivity (Wildman–Crippen MR) is 51.8 cm³/mol. The van der Waals surface area contributed by atoms with Gasteiger partial charge in [-0.15, -0.1) is 0 Å². The van der Waals surface area contributed by atoms with E-state index in [9.17, 15) is 0 Å². The number of hydrazine groups is 1. The molecule has 0 aromatic rings. The summed E-state index contributed by atoms with van der Waals surface area (Å²) in [6, 6.07) is 0.581. The molecule has 1 aliphatic heterocycles. The van der Waals surface area contributed by atoms with Crippen molar-refractivity contribution in [3.63, 3.8) is 0 Å². The first-order chi connectivity index (χ1) is 5.72. The summed E-state index contributed by atoms with van der Waals surface area (Å²) in [4.78, 5) is 0. The summed E-state index contributed by atoms with van der Waals surface area (Å²) in [5.41, 5.74) is 6.62. The first-order valence-corrected chi connectivity index (χ1v) is 4.91. The van der Waals surface area contributed by atoms with E-state index in [0.29, 0.717) is 17.9 Å². The van der Waals surface area contributed by atoms with E-state index in [1.54, 1.807) is 0 Å². The maximum absolute atomic E-state index is 3.42. The van der Waals surface area contributed by atoms with Crippen molar-refractivity contribution in [1.82, 2.24) is 16.2 Å². The van der Waals surface area contributed by atoms with Gasteiger partial charge in [0.1, 0.15) is 0 Å². The van der Waals surface area contributed by atoms with Crippen molar-refractivity contribution in [2.75, 3.05) is 19.6 Å². The molecule has 0 aromatic heterocycles. The average Bonchev–Trinajstić information content (AvgIpc) is 1.96. The fourth-order valence-corrected chi connectivity index (χ4v) is 1.76. The number of nitrogens with one attached hydrogen (secondary N) is 3. The van der Waals surface area contributed by atoms with E-state index in [0.717, 1.165) is 19.6 Å². The molecule has 1 saturated heterocycles. The van der Waals surface area contributed by atoms with Gasteiger partial charge in [0.15, 0.2) is 0 Å². The van der Waals surface area contributed by atoms with Crippen LogP contribution in [-0.4, -0.2) is 25.7 Å². The van der Waals surface area contributed by atoms with Crippen molar-refractivity contribution in [1.29, 1.82) is 0 Å². The molecule has 0 saturated carbocycles. The van der Waals surface area contributed by atoms with Gasteiger partial charge in [-0.3, -0.25) is 10.9 Å². The highest BCUT2D eigenvalue weighted by Crippen LogP contribution is 2.11. The van der Waals surface area contributed by atoms with Crippen LogP contribution in [0, 0.1) is 11.8 Å². The Morgan fingerprint density at radius 3 is 2.67 bits per heavy atom. The van der Waals surface area contributed by atoms with Crippen LogP contribution in [0.25, 0.3) is 0 Å². The van der Waals surface area contributed by atoms with Crippen LogP contribution < -0.4 is 16.2 Å². The average molecular weight is 171 g/mol. The maximum atomic E-state index is 3.42. The van der Waals surface area contributed by atoms with Crippen LogP contribution in [-0.2, 0) is 0 Å². The van der Waals surface area contributed by atoms with Crippen LogP contribution in [0.4, 0.5) is 0 Å². The zero-order valence-electron chi connectivity index (χ0n) is 8.35. The SMILES string of the molecule is CC(C)C1NNCCNCC1C. The first kappa shape index (κ1) is 9.96. The Hall–Kier alpha value is -0.120. The lowest BCUT2D eigenvalue weighted by atomic mass is 9.92. The molecule has 0 aliphatic carbocycles. The molecule has 3 N–H and O–H groups in total. The van der Waals surface area contributed by atoms with Gasteiger partial charge in [0.05, 0.1) is 0 Å². The molecule has 2 unspecified atom stereocenters. The maximum Gasteiger partial charge on any atom is 0.0273 e. The van der Waals surface area contributed by atoms with Crippen LogP contribution in [0.1, 0.15) is 20.8 Å². The lowest BCUT2D eigenvalue weighted by Crippen LogP contribution is -2.53. The Bertz CT molecular complexity index is 125. The molecule has 1 rings (SSSR count). The van der Waals surface area contributed by atoms with Crippen LogP contribution in [0.15, 0.2) is 0 Å². The summed E-state index contributed by atoms with van der Waals surface area (Å²) in [7, 11) is 0. The second kappa shape index (κ2) is 4.80. The number of hydrogen-bond donors (Lipinski definition) is 3. The molecule has 1 aliphatic rings. The molecule has 12 heavy (non-hydrogen) atoms. The highest BCUT2D eigenvalue weighted by molar-refractivity contribution is 4.78. The summed E-state index contributed by atoms with van der Waals surface area (Å²) < 4.78 is 0. The lowest BCUT2D eigenvalue weighted by Gasteiger charge is -2.31. The molecule has 1 heterocycles. The van der Waals surface area contributed by atoms with E-state index >= 15 is 0 Å². The molecule has 0 aromatic carbocycles. The van der Waals surface area contributed by atoms with Gasteiger partial charge in [-0.05, 0) is 18.4 Å². The van der Waals surface area contributed by atoms with Crippen molar-refractivity contribution in [2.45, 2.75) is 26.8 Å². The van der Waals surface area contributed by atoms with E-state index in [4.69, 9.17) is 0 Å². The highest BCUT2D eigenvalue weighted by Gasteiger charge is 2.20. The van der Waals surface area contributed by atoms with Gasteiger partial charge in [-0.1, -0.05) is 20.8 Å². The van der Waals surface area contributed by atoms with Crippen LogP contribution in [0.5, 0.6) is 0 Å². The summed E-state index contributed by atoms with van der Waals surface area (Å²) in [5, 5.41) is 3.42. The molecule has 0 bridgehead atoms. The van der Waals surface area contributed by atoms with Gasteiger partial charge in [0.25, 0.3) is 0 Å². The van der Waals surface area contributed by atoms with Crippen molar-refractivity contribution in [2.24, 2.45) is 11.8 Å². The lowest BCUT2D eigenvalue weighted by molar-refractivity contribution is 0.244. The van der Waals surface area contributed by atoms with Gasteiger partial charge in [-0.2, -0.15) is 0 Å². The van der Waals surface area contributed by atoms with E-state index in [1.807, 2.05) is 0 Å². The van der Waals surface area contributed by atoms with E-state index in [2.05, 4.69) is 36.9 Å². The summed E-state index contributed by atoms with van der Waals surface area (Å²) in [6.07, 6.45) is 0. The molecule has 0 spiro atoms. The zero-order chi connectivity index (χ0) is 8.97. The Kier molecular flexibility index (Phi) is 3.98. The van der Waals surface area contributed by atoms with E-state index in [1.165, 1.54) is 0 Å². The highest BCUT2D eigenvalue weighted by atomic mass is 15.4. The Morgan fingerprint density at radius 1 is 1.25 bits per heavy atom. The topological polar surface area (TPSA) is 36.1 Å². The van der Waals surface area contributed by atoms with Gasteiger partial charge in [0, 0.05) is 19.1 Å². The van der Waals surface area contributed by atoms with Gasteiger partial charge in [0.2, 0.25) is 0 Å². The number of hydrogen-bond acceptors (Lipinski definition) is 3. The normalized spacial score (nSPS) is 33.0. The van der Waals surface area contributed by atoms with Crippen molar-refractivity contribution in [3.05, 3.63) is 0 Å². The summed E-state index contributed by atoms with van der Waals surface area (Å²) >= 11 is 0. The molecular formula is C9H21N3. The zero-order valence-corrected chi connectivity index (χ0v) is 8.35. The minimum Gasteiger partial charge on any atom is -0.315 e.